The molecule has 1 aromatic carbocycles. The fourth-order valence-corrected chi connectivity index (χ4v) is 2.92. The highest BCUT2D eigenvalue weighted by atomic mass is 32.1. The molecule has 1 N–H and O–H groups in total. The SMILES string of the molecule is CN(C)C(CNc1nc(C(C)(C)C)ns1)c1c(F)cccc1F. The van der Waals surface area contributed by atoms with Gasteiger partial charge in [0.1, 0.15) is 17.5 Å². The third-order valence-corrected chi connectivity index (χ3v) is 4.17. The Morgan fingerprint density at radius 2 is 1.83 bits per heavy atom. The molecular weight excluding hydrogens is 318 g/mol. The number of nitrogens with zero attached hydrogens (tertiary/aromatic N) is 3. The molecule has 0 aliphatic carbocycles. The highest BCUT2D eigenvalue weighted by molar-refractivity contribution is 7.09. The molecular formula is C16H22F2N4S. The van der Waals surface area contributed by atoms with Crippen LogP contribution in [0.4, 0.5) is 13.9 Å². The van der Waals surface area contributed by atoms with Gasteiger partial charge in [-0.05, 0) is 26.2 Å². The zero-order valence-electron chi connectivity index (χ0n) is 14.0. The van der Waals surface area contributed by atoms with Crippen molar-refractivity contribution in [2.45, 2.75) is 32.2 Å². The zero-order valence-corrected chi connectivity index (χ0v) is 14.8. The van der Waals surface area contributed by atoms with Gasteiger partial charge in [-0.2, -0.15) is 4.37 Å². The van der Waals surface area contributed by atoms with Crippen LogP contribution in [0.3, 0.4) is 0 Å². The maximum absolute atomic E-state index is 14.0. The van der Waals surface area contributed by atoms with Crippen LogP contribution in [0.5, 0.6) is 0 Å². The van der Waals surface area contributed by atoms with Gasteiger partial charge in [-0.1, -0.05) is 26.8 Å². The first-order valence-corrected chi connectivity index (χ1v) is 8.16. The minimum Gasteiger partial charge on any atom is -0.358 e. The molecule has 0 spiro atoms. The molecule has 1 heterocycles. The molecule has 0 saturated heterocycles. The maximum atomic E-state index is 14.0. The average Bonchev–Trinajstić information content (AvgIpc) is 2.90. The maximum Gasteiger partial charge on any atom is 0.202 e. The van der Waals surface area contributed by atoms with Crippen molar-refractivity contribution in [3.8, 4) is 0 Å². The van der Waals surface area contributed by atoms with Crippen molar-refractivity contribution >= 4 is 16.7 Å². The summed E-state index contributed by atoms with van der Waals surface area (Å²) >= 11 is 1.26. The van der Waals surface area contributed by atoms with Gasteiger partial charge in [-0.25, -0.2) is 13.8 Å². The first-order chi connectivity index (χ1) is 10.7. The van der Waals surface area contributed by atoms with Gasteiger partial charge < -0.3 is 10.2 Å². The van der Waals surface area contributed by atoms with Crippen LogP contribution in [0.15, 0.2) is 18.2 Å². The van der Waals surface area contributed by atoms with Crippen LogP contribution in [0.2, 0.25) is 0 Å². The summed E-state index contributed by atoms with van der Waals surface area (Å²) in [7, 11) is 3.58. The normalized spacial score (nSPS) is 13.4. The van der Waals surface area contributed by atoms with E-state index in [2.05, 4.69) is 14.7 Å². The number of hydrogen-bond acceptors (Lipinski definition) is 5. The molecule has 1 unspecified atom stereocenters. The first-order valence-electron chi connectivity index (χ1n) is 7.38. The lowest BCUT2D eigenvalue weighted by Gasteiger charge is -2.25. The van der Waals surface area contributed by atoms with Crippen molar-refractivity contribution in [3.63, 3.8) is 0 Å². The average molecular weight is 340 g/mol. The fourth-order valence-electron chi connectivity index (χ4n) is 2.16. The van der Waals surface area contributed by atoms with E-state index in [0.717, 1.165) is 5.82 Å². The van der Waals surface area contributed by atoms with Crippen LogP contribution < -0.4 is 5.32 Å². The first kappa shape index (κ1) is 17.7. The van der Waals surface area contributed by atoms with Crippen LogP contribution in [0.1, 0.15) is 38.2 Å². The molecule has 1 atom stereocenters. The van der Waals surface area contributed by atoms with Crippen molar-refractivity contribution in [1.82, 2.24) is 14.3 Å². The number of benzene rings is 1. The van der Waals surface area contributed by atoms with Gasteiger partial charge in [0.15, 0.2) is 0 Å². The molecule has 2 rings (SSSR count). The molecule has 0 amide bonds. The third kappa shape index (κ3) is 4.23. The predicted molar refractivity (Wildman–Crippen MR) is 89.9 cm³/mol. The van der Waals surface area contributed by atoms with Crippen molar-refractivity contribution in [2.24, 2.45) is 0 Å². The predicted octanol–water partition coefficient (Wildman–Crippen LogP) is 3.83. The van der Waals surface area contributed by atoms with E-state index in [1.807, 2.05) is 20.8 Å². The Hall–Kier alpha value is -1.60. The van der Waals surface area contributed by atoms with Crippen LogP contribution in [0.25, 0.3) is 0 Å². The van der Waals surface area contributed by atoms with Gasteiger partial charge in [0.25, 0.3) is 0 Å². The van der Waals surface area contributed by atoms with Gasteiger partial charge in [0.05, 0.1) is 6.04 Å². The van der Waals surface area contributed by atoms with Crippen LogP contribution in [0, 0.1) is 11.6 Å². The fraction of sp³-hybridized carbons (Fsp3) is 0.500. The van der Waals surface area contributed by atoms with E-state index in [4.69, 9.17) is 0 Å². The lowest BCUT2D eigenvalue weighted by atomic mass is 9.96. The molecule has 0 bridgehead atoms. The van der Waals surface area contributed by atoms with E-state index in [1.54, 1.807) is 19.0 Å². The minimum atomic E-state index is -0.543. The van der Waals surface area contributed by atoms with Crippen molar-refractivity contribution in [2.75, 3.05) is 26.0 Å². The minimum absolute atomic E-state index is 0.0607. The number of likely N-dealkylation sites (N-methyl/N-ethyl adjacent to an activating group) is 1. The zero-order chi connectivity index (χ0) is 17.2. The molecule has 23 heavy (non-hydrogen) atoms. The number of rotatable bonds is 5. The largest absolute Gasteiger partial charge is 0.358 e. The molecule has 0 aliphatic rings. The second kappa shape index (κ2) is 6.88. The number of nitrogens with one attached hydrogen (secondary N) is 1. The molecule has 0 aliphatic heterocycles. The quantitative estimate of drug-likeness (QED) is 0.898. The Labute approximate surface area is 139 Å². The Morgan fingerprint density at radius 3 is 2.30 bits per heavy atom. The molecule has 0 radical (unpaired) electrons. The number of anilines is 1. The topological polar surface area (TPSA) is 41.0 Å². The summed E-state index contributed by atoms with van der Waals surface area (Å²) in [5.74, 6) is -0.334. The van der Waals surface area contributed by atoms with Crippen LogP contribution in [-0.4, -0.2) is 34.9 Å². The lowest BCUT2D eigenvalue weighted by Crippen LogP contribution is -2.28. The van der Waals surface area contributed by atoms with E-state index >= 15 is 0 Å². The summed E-state index contributed by atoms with van der Waals surface area (Å²) < 4.78 is 32.4. The van der Waals surface area contributed by atoms with Crippen LogP contribution >= 0.6 is 11.5 Å². The Balaban J connectivity index is 2.17. The smallest absolute Gasteiger partial charge is 0.202 e. The summed E-state index contributed by atoms with van der Waals surface area (Å²) in [4.78, 5) is 6.22. The van der Waals surface area contributed by atoms with E-state index in [9.17, 15) is 8.78 Å². The molecule has 4 nitrogen and oxygen atoms in total. The third-order valence-electron chi connectivity index (χ3n) is 3.50. The number of halogens is 2. The molecule has 7 heteroatoms. The highest BCUT2D eigenvalue weighted by Crippen LogP contribution is 2.27. The molecule has 0 saturated carbocycles. The highest BCUT2D eigenvalue weighted by Gasteiger charge is 2.23. The summed E-state index contributed by atoms with van der Waals surface area (Å²) in [5.41, 5.74) is -0.0692. The van der Waals surface area contributed by atoms with E-state index in [0.29, 0.717) is 11.7 Å². The van der Waals surface area contributed by atoms with Gasteiger partial charge in [0, 0.05) is 29.1 Å². The lowest BCUT2D eigenvalue weighted by molar-refractivity contribution is 0.295. The number of hydrogen-bond donors (Lipinski definition) is 1. The summed E-state index contributed by atoms with van der Waals surface area (Å²) in [6, 6.07) is 3.47. The van der Waals surface area contributed by atoms with Gasteiger partial charge in [-0.15, -0.1) is 0 Å². The Morgan fingerprint density at radius 1 is 1.22 bits per heavy atom. The molecule has 126 valence electrons. The van der Waals surface area contributed by atoms with Gasteiger partial charge >= 0.3 is 0 Å². The standard InChI is InChI=1S/C16H22F2N4S/c1-16(2,3)14-20-15(23-21-14)19-9-12(22(4)5)13-10(17)7-6-8-11(13)18/h6-8,12H,9H2,1-5H3,(H,19,20,21). The summed E-state index contributed by atoms with van der Waals surface area (Å²) in [5, 5.41) is 3.79. The Bertz CT molecular complexity index is 644. The van der Waals surface area contributed by atoms with Crippen molar-refractivity contribution in [1.29, 1.82) is 0 Å². The second-order valence-electron chi connectivity index (χ2n) is 6.67. The van der Waals surface area contributed by atoms with Gasteiger partial charge in [-0.3, -0.25) is 0 Å². The van der Waals surface area contributed by atoms with E-state index in [1.165, 1.54) is 29.7 Å². The summed E-state index contributed by atoms with van der Waals surface area (Å²) in [6.45, 7) is 6.45. The second-order valence-corrected chi connectivity index (χ2v) is 7.42. The van der Waals surface area contributed by atoms with E-state index in [-0.39, 0.29) is 11.0 Å². The van der Waals surface area contributed by atoms with Crippen LogP contribution in [-0.2, 0) is 5.41 Å². The van der Waals surface area contributed by atoms with E-state index < -0.39 is 17.7 Å². The summed E-state index contributed by atoms with van der Waals surface area (Å²) in [6.07, 6.45) is 0. The monoisotopic (exact) mass is 340 g/mol. The molecule has 1 aromatic heterocycles. The van der Waals surface area contributed by atoms with Crippen molar-refractivity contribution in [3.05, 3.63) is 41.2 Å². The van der Waals surface area contributed by atoms with Crippen molar-refractivity contribution < 1.29 is 8.78 Å². The molecule has 0 fully saturated rings. The van der Waals surface area contributed by atoms with Gasteiger partial charge in [0.2, 0.25) is 5.13 Å². The molecule has 2 aromatic rings. The number of aromatic nitrogens is 2. The Kier molecular flexibility index (Phi) is 5.31.